The van der Waals surface area contributed by atoms with Crippen molar-refractivity contribution in [2.45, 2.75) is 19.8 Å². The SMILES string of the molecule is COc1ccc2c(c1C)OCC2C. The van der Waals surface area contributed by atoms with Crippen LogP contribution in [0, 0.1) is 6.92 Å². The topological polar surface area (TPSA) is 18.5 Å². The van der Waals surface area contributed by atoms with Crippen molar-refractivity contribution in [2.75, 3.05) is 13.7 Å². The summed E-state index contributed by atoms with van der Waals surface area (Å²) < 4.78 is 10.8. The molecule has 0 aliphatic carbocycles. The van der Waals surface area contributed by atoms with Crippen molar-refractivity contribution in [1.29, 1.82) is 0 Å². The Balaban J connectivity index is 2.54. The smallest absolute Gasteiger partial charge is 0.129 e. The largest absolute Gasteiger partial charge is 0.496 e. The van der Waals surface area contributed by atoms with E-state index in [4.69, 9.17) is 9.47 Å². The molecule has 0 spiro atoms. The second kappa shape index (κ2) is 2.95. The highest BCUT2D eigenvalue weighted by Gasteiger charge is 2.23. The third-order valence-electron chi connectivity index (χ3n) is 2.62. The second-order valence-electron chi connectivity index (χ2n) is 3.52. The van der Waals surface area contributed by atoms with Gasteiger partial charge in [-0.25, -0.2) is 0 Å². The predicted octanol–water partition coefficient (Wildman–Crippen LogP) is 2.50. The number of fused-ring (bicyclic) bond motifs is 1. The molecule has 2 heteroatoms. The van der Waals surface area contributed by atoms with Crippen LogP contribution in [0.15, 0.2) is 12.1 Å². The number of methoxy groups -OCH3 is 1. The monoisotopic (exact) mass is 178 g/mol. The Hall–Kier alpha value is -1.18. The molecule has 1 aliphatic rings. The highest BCUT2D eigenvalue weighted by atomic mass is 16.5. The maximum atomic E-state index is 5.60. The zero-order valence-corrected chi connectivity index (χ0v) is 8.26. The van der Waals surface area contributed by atoms with Crippen molar-refractivity contribution in [3.63, 3.8) is 0 Å². The summed E-state index contributed by atoms with van der Waals surface area (Å²) in [6, 6.07) is 4.11. The minimum absolute atomic E-state index is 0.514. The van der Waals surface area contributed by atoms with Gasteiger partial charge in [0.15, 0.2) is 0 Å². The minimum Gasteiger partial charge on any atom is -0.496 e. The van der Waals surface area contributed by atoms with Crippen LogP contribution in [-0.4, -0.2) is 13.7 Å². The quantitative estimate of drug-likeness (QED) is 0.657. The highest BCUT2D eigenvalue weighted by Crippen LogP contribution is 2.40. The summed E-state index contributed by atoms with van der Waals surface area (Å²) in [4.78, 5) is 0. The molecule has 2 rings (SSSR count). The molecule has 0 bridgehead atoms. The second-order valence-corrected chi connectivity index (χ2v) is 3.52. The molecule has 1 unspecified atom stereocenters. The van der Waals surface area contributed by atoms with Gasteiger partial charge in [0.25, 0.3) is 0 Å². The zero-order valence-electron chi connectivity index (χ0n) is 8.26. The lowest BCUT2D eigenvalue weighted by atomic mass is 10.0. The van der Waals surface area contributed by atoms with Crippen LogP contribution in [-0.2, 0) is 0 Å². The number of ether oxygens (including phenoxy) is 2. The van der Waals surface area contributed by atoms with E-state index in [0.29, 0.717) is 5.92 Å². The molecule has 0 fully saturated rings. The Morgan fingerprint density at radius 1 is 1.46 bits per heavy atom. The number of hydrogen-bond donors (Lipinski definition) is 0. The molecule has 0 radical (unpaired) electrons. The Kier molecular flexibility index (Phi) is 1.91. The highest BCUT2D eigenvalue weighted by molar-refractivity contribution is 5.52. The van der Waals surface area contributed by atoms with Gasteiger partial charge in [0.05, 0.1) is 13.7 Å². The Morgan fingerprint density at radius 2 is 2.23 bits per heavy atom. The standard InChI is InChI=1S/C11H14O2/c1-7-6-13-11-8(2)10(12-3)5-4-9(7)11/h4-5,7H,6H2,1-3H3. The van der Waals surface area contributed by atoms with Crippen LogP contribution in [0.4, 0.5) is 0 Å². The Morgan fingerprint density at radius 3 is 2.92 bits per heavy atom. The number of hydrogen-bond acceptors (Lipinski definition) is 2. The van der Waals surface area contributed by atoms with E-state index in [0.717, 1.165) is 23.7 Å². The minimum atomic E-state index is 0.514. The first kappa shape index (κ1) is 8.42. The normalized spacial score (nSPS) is 19.5. The third-order valence-corrected chi connectivity index (χ3v) is 2.62. The fourth-order valence-corrected chi connectivity index (χ4v) is 1.79. The van der Waals surface area contributed by atoms with E-state index in [1.165, 1.54) is 5.56 Å². The summed E-state index contributed by atoms with van der Waals surface area (Å²) in [5.41, 5.74) is 2.42. The maximum Gasteiger partial charge on any atom is 0.129 e. The predicted molar refractivity (Wildman–Crippen MR) is 51.6 cm³/mol. The summed E-state index contributed by atoms with van der Waals surface area (Å²) in [6.07, 6.45) is 0. The molecular formula is C11H14O2. The van der Waals surface area contributed by atoms with Crippen LogP contribution >= 0.6 is 0 Å². The summed E-state index contributed by atoms with van der Waals surface area (Å²) in [5.74, 6) is 2.44. The van der Waals surface area contributed by atoms with Gasteiger partial charge in [-0.1, -0.05) is 13.0 Å². The molecule has 70 valence electrons. The lowest BCUT2D eigenvalue weighted by Gasteiger charge is -2.08. The van der Waals surface area contributed by atoms with E-state index in [1.807, 2.05) is 13.0 Å². The molecule has 1 atom stereocenters. The van der Waals surface area contributed by atoms with Crippen LogP contribution in [0.3, 0.4) is 0 Å². The van der Waals surface area contributed by atoms with Gasteiger partial charge in [0.2, 0.25) is 0 Å². The number of benzene rings is 1. The number of rotatable bonds is 1. The van der Waals surface area contributed by atoms with E-state index < -0.39 is 0 Å². The lowest BCUT2D eigenvalue weighted by Crippen LogP contribution is -1.93. The van der Waals surface area contributed by atoms with Crippen LogP contribution < -0.4 is 9.47 Å². The Labute approximate surface area is 78.5 Å². The first-order valence-electron chi connectivity index (χ1n) is 4.54. The Bertz CT molecular complexity index is 331. The third kappa shape index (κ3) is 1.17. The molecule has 0 aromatic heterocycles. The van der Waals surface area contributed by atoms with Crippen LogP contribution in [0.5, 0.6) is 11.5 Å². The molecule has 1 aromatic carbocycles. The summed E-state index contributed by atoms with van der Waals surface area (Å²) >= 11 is 0. The molecule has 1 heterocycles. The van der Waals surface area contributed by atoms with Crippen molar-refractivity contribution >= 4 is 0 Å². The van der Waals surface area contributed by atoms with Gasteiger partial charge in [0, 0.05) is 17.0 Å². The average Bonchev–Trinajstić information content (AvgIpc) is 2.50. The van der Waals surface area contributed by atoms with Crippen LogP contribution in [0.1, 0.15) is 24.0 Å². The van der Waals surface area contributed by atoms with E-state index in [-0.39, 0.29) is 0 Å². The van der Waals surface area contributed by atoms with Gasteiger partial charge >= 0.3 is 0 Å². The summed E-state index contributed by atoms with van der Waals surface area (Å²) in [7, 11) is 1.69. The van der Waals surface area contributed by atoms with Crippen molar-refractivity contribution in [3.05, 3.63) is 23.3 Å². The molecule has 13 heavy (non-hydrogen) atoms. The van der Waals surface area contributed by atoms with E-state index in [9.17, 15) is 0 Å². The molecule has 0 N–H and O–H groups in total. The van der Waals surface area contributed by atoms with E-state index >= 15 is 0 Å². The summed E-state index contributed by atoms with van der Waals surface area (Å²) in [6.45, 7) is 5.01. The van der Waals surface area contributed by atoms with Gasteiger partial charge in [-0.3, -0.25) is 0 Å². The molecule has 1 aliphatic heterocycles. The van der Waals surface area contributed by atoms with Crippen molar-refractivity contribution < 1.29 is 9.47 Å². The summed E-state index contributed by atoms with van der Waals surface area (Å²) in [5, 5.41) is 0. The van der Waals surface area contributed by atoms with Crippen LogP contribution in [0.2, 0.25) is 0 Å². The van der Waals surface area contributed by atoms with Gasteiger partial charge in [-0.2, -0.15) is 0 Å². The fraction of sp³-hybridized carbons (Fsp3) is 0.455. The lowest BCUT2D eigenvalue weighted by molar-refractivity contribution is 0.332. The zero-order chi connectivity index (χ0) is 9.42. The van der Waals surface area contributed by atoms with Crippen molar-refractivity contribution in [1.82, 2.24) is 0 Å². The molecule has 0 amide bonds. The molecule has 2 nitrogen and oxygen atoms in total. The van der Waals surface area contributed by atoms with Crippen molar-refractivity contribution in [2.24, 2.45) is 0 Å². The maximum absolute atomic E-state index is 5.60. The molecule has 0 saturated heterocycles. The average molecular weight is 178 g/mol. The first-order valence-corrected chi connectivity index (χ1v) is 4.54. The van der Waals surface area contributed by atoms with E-state index in [2.05, 4.69) is 13.0 Å². The van der Waals surface area contributed by atoms with Crippen LogP contribution in [0.25, 0.3) is 0 Å². The van der Waals surface area contributed by atoms with Gasteiger partial charge in [-0.15, -0.1) is 0 Å². The fourth-order valence-electron chi connectivity index (χ4n) is 1.79. The molecule has 1 aromatic rings. The first-order chi connectivity index (χ1) is 6.24. The molecule has 0 saturated carbocycles. The van der Waals surface area contributed by atoms with Crippen molar-refractivity contribution in [3.8, 4) is 11.5 Å². The van der Waals surface area contributed by atoms with Gasteiger partial charge in [0.1, 0.15) is 11.5 Å². The van der Waals surface area contributed by atoms with Gasteiger partial charge < -0.3 is 9.47 Å². The van der Waals surface area contributed by atoms with Gasteiger partial charge in [-0.05, 0) is 13.0 Å². The van der Waals surface area contributed by atoms with E-state index in [1.54, 1.807) is 7.11 Å². The molecular weight excluding hydrogens is 164 g/mol.